The van der Waals surface area contributed by atoms with Crippen LogP contribution in [0.2, 0.25) is 0 Å². The molecule has 37 heavy (non-hydrogen) atoms. The zero-order valence-electron chi connectivity index (χ0n) is 22.7. The van der Waals surface area contributed by atoms with Gasteiger partial charge in [-0.1, -0.05) is 47.6 Å². The SMILES string of the molecule is CC(C)(C)c1cc(-c2csc(C3CCN(C(=O)CN4C=NC5C=CC=NC54)CC3)n2)nc(C(C)(C)C)n1. The van der Waals surface area contributed by atoms with Crippen LogP contribution in [0, 0.1) is 0 Å². The fourth-order valence-electron chi connectivity index (χ4n) is 4.79. The molecule has 2 aromatic rings. The van der Waals surface area contributed by atoms with Gasteiger partial charge in [0.05, 0.1) is 28.4 Å². The van der Waals surface area contributed by atoms with Gasteiger partial charge in [-0.25, -0.2) is 15.0 Å². The number of carbonyl (C=O) groups excluding carboxylic acids is 1. The quantitative estimate of drug-likeness (QED) is 0.590. The van der Waals surface area contributed by atoms with Gasteiger partial charge in [-0.3, -0.25) is 14.8 Å². The molecule has 0 N–H and O–H groups in total. The van der Waals surface area contributed by atoms with E-state index in [4.69, 9.17) is 15.0 Å². The first-order chi connectivity index (χ1) is 17.5. The van der Waals surface area contributed by atoms with Crippen LogP contribution in [-0.2, 0) is 15.6 Å². The average molecular weight is 520 g/mol. The first-order valence-corrected chi connectivity index (χ1v) is 14.0. The zero-order valence-corrected chi connectivity index (χ0v) is 23.5. The maximum atomic E-state index is 13.0. The number of amides is 1. The molecule has 0 bridgehead atoms. The molecule has 9 heteroatoms. The molecule has 196 valence electrons. The summed E-state index contributed by atoms with van der Waals surface area (Å²) >= 11 is 1.70. The Morgan fingerprint density at radius 1 is 1.00 bits per heavy atom. The molecule has 0 radical (unpaired) electrons. The lowest BCUT2D eigenvalue weighted by Crippen LogP contribution is -2.46. The fraction of sp³-hybridized carbons (Fsp3) is 0.571. The number of allylic oxidation sites excluding steroid dienone is 1. The van der Waals surface area contributed by atoms with E-state index in [1.165, 1.54) is 0 Å². The number of thiazole rings is 1. The van der Waals surface area contributed by atoms with Gasteiger partial charge in [0.2, 0.25) is 5.91 Å². The number of hydrogen-bond donors (Lipinski definition) is 0. The van der Waals surface area contributed by atoms with E-state index >= 15 is 0 Å². The van der Waals surface area contributed by atoms with Gasteiger partial charge in [0.25, 0.3) is 0 Å². The van der Waals surface area contributed by atoms with E-state index in [-0.39, 0.29) is 28.9 Å². The van der Waals surface area contributed by atoms with E-state index < -0.39 is 0 Å². The zero-order chi connectivity index (χ0) is 26.4. The first-order valence-electron chi connectivity index (χ1n) is 13.1. The van der Waals surface area contributed by atoms with E-state index in [0.717, 1.165) is 53.8 Å². The Balaban J connectivity index is 1.24. The van der Waals surface area contributed by atoms with Crippen molar-refractivity contribution in [1.82, 2.24) is 24.8 Å². The summed E-state index contributed by atoms with van der Waals surface area (Å²) in [6.07, 6.45) is 9.26. The van der Waals surface area contributed by atoms with Crippen molar-refractivity contribution in [2.24, 2.45) is 9.98 Å². The summed E-state index contributed by atoms with van der Waals surface area (Å²) < 4.78 is 0. The maximum Gasteiger partial charge on any atom is 0.242 e. The smallest absolute Gasteiger partial charge is 0.242 e. The molecular formula is C28H37N7OS. The van der Waals surface area contributed by atoms with Crippen molar-refractivity contribution >= 4 is 29.8 Å². The predicted octanol–water partition coefficient (Wildman–Crippen LogP) is 4.58. The Bertz CT molecular complexity index is 1210. The molecule has 2 aromatic heterocycles. The lowest BCUT2D eigenvalue weighted by Gasteiger charge is -2.33. The van der Waals surface area contributed by atoms with E-state index in [1.54, 1.807) is 23.9 Å². The van der Waals surface area contributed by atoms with E-state index in [2.05, 4.69) is 63.0 Å². The molecule has 1 saturated heterocycles. The molecule has 1 fully saturated rings. The first kappa shape index (κ1) is 25.7. The molecule has 1 amide bonds. The van der Waals surface area contributed by atoms with Gasteiger partial charge >= 0.3 is 0 Å². The Kier molecular flexibility index (Phi) is 6.77. The Labute approximate surface area is 223 Å². The van der Waals surface area contributed by atoms with Crippen LogP contribution in [0.1, 0.15) is 76.8 Å². The summed E-state index contributed by atoms with van der Waals surface area (Å²) in [7, 11) is 0. The number of aromatic nitrogens is 3. The number of carbonyl (C=O) groups is 1. The summed E-state index contributed by atoms with van der Waals surface area (Å²) in [5.74, 6) is 1.35. The normalized spacial score (nSPS) is 22.1. The molecule has 8 nitrogen and oxygen atoms in total. The molecule has 5 heterocycles. The van der Waals surface area contributed by atoms with Crippen LogP contribution >= 0.6 is 11.3 Å². The minimum Gasteiger partial charge on any atom is -0.341 e. The van der Waals surface area contributed by atoms with Gasteiger partial charge in [0.15, 0.2) is 0 Å². The number of piperidine rings is 1. The summed E-state index contributed by atoms with van der Waals surface area (Å²) in [6.45, 7) is 14.8. The highest BCUT2D eigenvalue weighted by atomic mass is 32.1. The number of hydrogen-bond acceptors (Lipinski definition) is 8. The number of aliphatic imine (C=N–C) groups is 2. The predicted molar refractivity (Wildman–Crippen MR) is 150 cm³/mol. The highest BCUT2D eigenvalue weighted by molar-refractivity contribution is 7.10. The van der Waals surface area contributed by atoms with E-state index in [9.17, 15) is 4.79 Å². The average Bonchev–Trinajstić information content (AvgIpc) is 3.51. The lowest BCUT2D eigenvalue weighted by atomic mass is 9.89. The standard InChI is InChI=1S/C28H37N7OS/c1-27(2,3)22-14-20(32-26(33-22)28(4,5)6)21-16-37-25(31-21)18-9-12-34(13-10-18)23(36)15-35-17-30-19-8-7-11-29-24(19)35/h7-8,11,14,16-19,24H,9-10,12-13,15H2,1-6H3. The molecule has 0 aliphatic carbocycles. The van der Waals surface area contributed by atoms with Crippen LogP contribution in [0.4, 0.5) is 0 Å². The molecule has 3 aliphatic heterocycles. The number of nitrogens with zero attached hydrogens (tertiary/aromatic N) is 7. The largest absolute Gasteiger partial charge is 0.341 e. The van der Waals surface area contributed by atoms with Crippen molar-refractivity contribution in [2.75, 3.05) is 19.6 Å². The third-order valence-corrected chi connectivity index (χ3v) is 8.14. The Morgan fingerprint density at radius 2 is 1.76 bits per heavy atom. The Morgan fingerprint density at radius 3 is 2.46 bits per heavy atom. The van der Waals surface area contributed by atoms with Crippen LogP contribution in [0.3, 0.4) is 0 Å². The van der Waals surface area contributed by atoms with Gasteiger partial charge < -0.3 is 9.80 Å². The van der Waals surface area contributed by atoms with Crippen molar-refractivity contribution in [3.63, 3.8) is 0 Å². The minimum absolute atomic E-state index is 0.0245. The number of rotatable bonds is 4. The van der Waals surface area contributed by atoms with Crippen LogP contribution < -0.4 is 0 Å². The third-order valence-electron chi connectivity index (χ3n) is 7.13. The second-order valence-corrected chi connectivity index (χ2v) is 13.1. The minimum atomic E-state index is -0.143. The molecular weight excluding hydrogens is 482 g/mol. The summed E-state index contributed by atoms with van der Waals surface area (Å²) in [5.41, 5.74) is 2.63. The molecule has 0 spiro atoms. The summed E-state index contributed by atoms with van der Waals surface area (Å²) in [4.78, 5) is 40.7. The fourth-order valence-corrected chi connectivity index (χ4v) is 5.77. The van der Waals surface area contributed by atoms with Crippen molar-refractivity contribution in [3.05, 3.63) is 40.1 Å². The number of dihydropyridines is 1. The summed E-state index contributed by atoms with van der Waals surface area (Å²) in [6, 6.07) is 2.12. The molecule has 0 aromatic carbocycles. The molecule has 2 unspecified atom stereocenters. The molecule has 3 aliphatic rings. The highest BCUT2D eigenvalue weighted by Gasteiger charge is 2.33. The lowest BCUT2D eigenvalue weighted by molar-refractivity contribution is -0.132. The topological polar surface area (TPSA) is 86.9 Å². The Hall–Kier alpha value is -2.94. The third kappa shape index (κ3) is 5.51. The van der Waals surface area contributed by atoms with Crippen molar-refractivity contribution < 1.29 is 4.79 Å². The second-order valence-electron chi connectivity index (χ2n) is 12.2. The van der Waals surface area contributed by atoms with Gasteiger partial charge in [-0.15, -0.1) is 11.3 Å². The maximum absolute atomic E-state index is 13.0. The van der Waals surface area contributed by atoms with Gasteiger partial charge in [0, 0.05) is 41.4 Å². The van der Waals surface area contributed by atoms with Crippen molar-refractivity contribution in [1.29, 1.82) is 0 Å². The van der Waals surface area contributed by atoms with Gasteiger partial charge in [-0.2, -0.15) is 0 Å². The number of fused-ring (bicyclic) bond motifs is 1. The monoisotopic (exact) mass is 519 g/mol. The van der Waals surface area contributed by atoms with Gasteiger partial charge in [0.1, 0.15) is 24.6 Å². The highest BCUT2D eigenvalue weighted by Crippen LogP contribution is 2.34. The van der Waals surface area contributed by atoms with Crippen LogP contribution in [-0.4, -0.2) is 75.1 Å². The van der Waals surface area contributed by atoms with Crippen LogP contribution in [0.5, 0.6) is 0 Å². The molecule has 0 saturated carbocycles. The molecule has 5 rings (SSSR count). The van der Waals surface area contributed by atoms with Crippen LogP contribution in [0.25, 0.3) is 11.4 Å². The molecule has 2 atom stereocenters. The number of likely N-dealkylation sites (tertiary alicyclic amines) is 1. The summed E-state index contributed by atoms with van der Waals surface area (Å²) in [5, 5.41) is 3.25. The van der Waals surface area contributed by atoms with Crippen LogP contribution in [0.15, 0.2) is 33.6 Å². The van der Waals surface area contributed by atoms with E-state index in [0.29, 0.717) is 12.5 Å². The second kappa shape index (κ2) is 9.74. The van der Waals surface area contributed by atoms with E-state index in [1.807, 2.05) is 22.0 Å². The van der Waals surface area contributed by atoms with Crippen molar-refractivity contribution in [2.45, 2.75) is 83.3 Å². The van der Waals surface area contributed by atoms with Gasteiger partial charge in [-0.05, 0) is 25.0 Å². The van der Waals surface area contributed by atoms with Crippen molar-refractivity contribution in [3.8, 4) is 11.4 Å².